The quantitative estimate of drug-likeness (QED) is 0.293. The average Bonchev–Trinajstić information content (AvgIpc) is 2.71. The van der Waals surface area contributed by atoms with Crippen LogP contribution in [0.15, 0.2) is 48.5 Å². The van der Waals surface area contributed by atoms with Gasteiger partial charge in [-0.3, -0.25) is 0 Å². The lowest BCUT2D eigenvalue weighted by molar-refractivity contribution is 0.304. The zero-order valence-corrected chi connectivity index (χ0v) is 18.0. The molecule has 2 aromatic carbocycles. The number of ether oxygens (including phenoxy) is 1. The molecule has 0 heterocycles. The fraction of sp³-hybridized carbons (Fsp3) is 0.481. The van der Waals surface area contributed by atoms with Crippen LogP contribution in [-0.2, 0) is 6.42 Å². The first-order valence-corrected chi connectivity index (χ1v) is 11.0. The van der Waals surface area contributed by atoms with Gasteiger partial charge in [0.15, 0.2) is 0 Å². The highest BCUT2D eigenvalue weighted by atomic mass is 16.5. The summed E-state index contributed by atoms with van der Waals surface area (Å²) in [4.78, 5) is 0. The lowest BCUT2D eigenvalue weighted by atomic mass is 10.0. The van der Waals surface area contributed by atoms with Crippen LogP contribution in [0.25, 0.3) is 0 Å². The molecule has 0 bridgehead atoms. The first-order valence-electron chi connectivity index (χ1n) is 11.0. The van der Waals surface area contributed by atoms with Crippen molar-refractivity contribution in [3.05, 3.63) is 65.2 Å². The van der Waals surface area contributed by atoms with Crippen LogP contribution in [-0.4, -0.2) is 6.61 Å². The molecule has 0 aliphatic rings. The third-order valence-corrected chi connectivity index (χ3v) is 4.94. The van der Waals surface area contributed by atoms with E-state index in [2.05, 4.69) is 56.9 Å². The summed E-state index contributed by atoms with van der Waals surface area (Å²) in [7, 11) is 0. The Morgan fingerprint density at radius 1 is 0.750 bits per heavy atom. The van der Waals surface area contributed by atoms with Crippen LogP contribution in [0.2, 0.25) is 0 Å². The molecule has 150 valence electrons. The summed E-state index contributed by atoms with van der Waals surface area (Å²) in [5.74, 6) is 8.19. The van der Waals surface area contributed by atoms with Gasteiger partial charge in [-0.25, -0.2) is 0 Å². The largest absolute Gasteiger partial charge is 0.494 e. The molecule has 0 amide bonds. The van der Waals surface area contributed by atoms with Crippen molar-refractivity contribution in [1.82, 2.24) is 0 Å². The fourth-order valence-corrected chi connectivity index (χ4v) is 3.06. The van der Waals surface area contributed by atoms with E-state index in [0.717, 1.165) is 42.2 Å². The van der Waals surface area contributed by atoms with Crippen molar-refractivity contribution in [2.75, 3.05) is 6.61 Å². The van der Waals surface area contributed by atoms with E-state index in [1.807, 2.05) is 24.3 Å². The summed E-state index contributed by atoms with van der Waals surface area (Å²) in [6, 6.07) is 16.8. The lowest BCUT2D eigenvalue weighted by Gasteiger charge is -2.06. The summed E-state index contributed by atoms with van der Waals surface area (Å²) >= 11 is 0. The van der Waals surface area contributed by atoms with Crippen molar-refractivity contribution in [3.8, 4) is 17.6 Å². The van der Waals surface area contributed by atoms with E-state index in [9.17, 15) is 0 Å². The van der Waals surface area contributed by atoms with Gasteiger partial charge in [-0.15, -0.1) is 0 Å². The van der Waals surface area contributed by atoms with Gasteiger partial charge in [0.1, 0.15) is 5.75 Å². The van der Waals surface area contributed by atoms with Crippen molar-refractivity contribution < 1.29 is 4.74 Å². The predicted molar refractivity (Wildman–Crippen MR) is 121 cm³/mol. The molecule has 0 atom stereocenters. The Labute approximate surface area is 172 Å². The highest BCUT2D eigenvalue weighted by Gasteiger charge is 1.98. The Kier molecular flexibility index (Phi) is 10.3. The fourth-order valence-electron chi connectivity index (χ4n) is 3.06. The van der Waals surface area contributed by atoms with Gasteiger partial charge in [0, 0.05) is 11.1 Å². The average molecular weight is 377 g/mol. The second-order valence-corrected chi connectivity index (χ2v) is 8.02. The Balaban J connectivity index is 1.75. The smallest absolute Gasteiger partial charge is 0.119 e. The number of rotatable bonds is 11. The number of aryl methyl sites for hydroxylation is 1. The van der Waals surface area contributed by atoms with E-state index in [1.54, 1.807) is 0 Å². The molecule has 0 aliphatic heterocycles. The molecule has 0 N–H and O–H groups in total. The molecule has 0 saturated heterocycles. The topological polar surface area (TPSA) is 9.23 Å². The first kappa shape index (κ1) is 22.1. The van der Waals surface area contributed by atoms with E-state index >= 15 is 0 Å². The molecule has 0 spiro atoms. The zero-order valence-electron chi connectivity index (χ0n) is 18.0. The van der Waals surface area contributed by atoms with E-state index in [0.29, 0.717) is 0 Å². The Morgan fingerprint density at radius 3 is 1.93 bits per heavy atom. The highest BCUT2D eigenvalue weighted by molar-refractivity contribution is 5.44. The van der Waals surface area contributed by atoms with Gasteiger partial charge in [0.05, 0.1) is 6.61 Å². The maximum Gasteiger partial charge on any atom is 0.119 e. The minimum absolute atomic E-state index is 0.747. The van der Waals surface area contributed by atoms with Gasteiger partial charge in [-0.2, -0.15) is 0 Å². The zero-order chi connectivity index (χ0) is 20.0. The molecule has 0 fully saturated rings. The SMILES string of the molecule is CCCCCCCCOc1ccc(C#Cc2ccc(CCC(C)C)cc2)cc1. The van der Waals surface area contributed by atoms with Gasteiger partial charge in [0.25, 0.3) is 0 Å². The lowest BCUT2D eigenvalue weighted by Crippen LogP contribution is -1.97. The second-order valence-electron chi connectivity index (χ2n) is 8.02. The second kappa shape index (κ2) is 13.1. The van der Waals surface area contributed by atoms with Crippen molar-refractivity contribution in [3.63, 3.8) is 0 Å². The van der Waals surface area contributed by atoms with Crippen molar-refractivity contribution >= 4 is 0 Å². The molecule has 2 rings (SSSR count). The normalized spacial score (nSPS) is 10.6. The Bertz CT molecular complexity index is 714. The van der Waals surface area contributed by atoms with Crippen LogP contribution in [0.5, 0.6) is 5.75 Å². The summed E-state index contributed by atoms with van der Waals surface area (Å²) in [5.41, 5.74) is 3.48. The first-order chi connectivity index (χ1) is 13.7. The molecular formula is C27H36O. The predicted octanol–water partition coefficient (Wildman–Crippen LogP) is 7.41. The van der Waals surface area contributed by atoms with Crippen molar-refractivity contribution in [2.45, 2.75) is 72.1 Å². The number of benzene rings is 2. The molecule has 0 radical (unpaired) electrons. The van der Waals surface area contributed by atoms with E-state index in [4.69, 9.17) is 4.74 Å². The molecule has 0 aromatic heterocycles. The molecule has 0 saturated carbocycles. The van der Waals surface area contributed by atoms with Crippen molar-refractivity contribution in [2.24, 2.45) is 5.92 Å². The molecule has 0 unspecified atom stereocenters. The highest BCUT2D eigenvalue weighted by Crippen LogP contribution is 2.14. The third-order valence-electron chi connectivity index (χ3n) is 4.94. The van der Waals surface area contributed by atoms with Gasteiger partial charge in [-0.1, -0.05) is 76.8 Å². The molecule has 1 nitrogen and oxygen atoms in total. The maximum absolute atomic E-state index is 5.83. The van der Waals surface area contributed by atoms with Gasteiger partial charge in [-0.05, 0) is 67.1 Å². The summed E-state index contributed by atoms with van der Waals surface area (Å²) < 4.78 is 5.83. The van der Waals surface area contributed by atoms with Crippen LogP contribution in [0.3, 0.4) is 0 Å². The van der Waals surface area contributed by atoms with Gasteiger partial charge >= 0.3 is 0 Å². The molecule has 2 aromatic rings. The summed E-state index contributed by atoms with van der Waals surface area (Å²) in [5, 5.41) is 0. The van der Waals surface area contributed by atoms with Crippen LogP contribution >= 0.6 is 0 Å². The standard InChI is InChI=1S/C27H36O/c1-4-5-6-7-8-9-22-28-27-20-18-26(19-21-27)17-16-25-14-12-24(13-15-25)11-10-23(2)3/h12-15,18-21,23H,4-11,22H2,1-3H3. The van der Waals surface area contributed by atoms with Gasteiger partial charge in [0.2, 0.25) is 0 Å². The van der Waals surface area contributed by atoms with Crippen LogP contribution < -0.4 is 4.74 Å². The van der Waals surface area contributed by atoms with Crippen LogP contribution in [0.4, 0.5) is 0 Å². The number of hydrogen-bond donors (Lipinski definition) is 0. The van der Waals surface area contributed by atoms with E-state index in [-0.39, 0.29) is 0 Å². The van der Waals surface area contributed by atoms with Gasteiger partial charge < -0.3 is 4.74 Å². The Morgan fingerprint density at radius 2 is 1.32 bits per heavy atom. The monoisotopic (exact) mass is 376 g/mol. The van der Waals surface area contributed by atoms with Crippen LogP contribution in [0.1, 0.15) is 82.4 Å². The van der Waals surface area contributed by atoms with Crippen LogP contribution in [0, 0.1) is 17.8 Å². The van der Waals surface area contributed by atoms with E-state index < -0.39 is 0 Å². The van der Waals surface area contributed by atoms with Crippen molar-refractivity contribution in [1.29, 1.82) is 0 Å². The molecule has 0 aliphatic carbocycles. The van der Waals surface area contributed by atoms with E-state index in [1.165, 1.54) is 44.1 Å². The molecule has 1 heteroatoms. The minimum Gasteiger partial charge on any atom is -0.494 e. The molecular weight excluding hydrogens is 340 g/mol. The number of hydrogen-bond acceptors (Lipinski definition) is 1. The number of unbranched alkanes of at least 4 members (excludes halogenated alkanes) is 5. The molecule has 28 heavy (non-hydrogen) atoms. The Hall–Kier alpha value is -2.20. The minimum atomic E-state index is 0.747. The maximum atomic E-state index is 5.83. The summed E-state index contributed by atoms with van der Waals surface area (Å²) in [6.07, 6.45) is 10.1. The third kappa shape index (κ3) is 9.14. The summed E-state index contributed by atoms with van der Waals surface area (Å²) in [6.45, 7) is 7.59.